The van der Waals surface area contributed by atoms with E-state index in [2.05, 4.69) is 12.6 Å². The second-order valence-corrected chi connectivity index (χ2v) is 5.12. The SMILES string of the molecule is C=C1c2ccc(N)cc2CCC1c1ccc(O)cc1. The van der Waals surface area contributed by atoms with Gasteiger partial charge in [-0.25, -0.2) is 0 Å². The molecule has 0 amide bonds. The number of fused-ring (bicyclic) bond motifs is 1. The van der Waals surface area contributed by atoms with E-state index < -0.39 is 0 Å². The van der Waals surface area contributed by atoms with Gasteiger partial charge in [-0.2, -0.15) is 0 Å². The molecular formula is C17H17NO. The molecule has 3 rings (SSSR count). The molecule has 0 saturated heterocycles. The molecule has 0 bridgehead atoms. The number of rotatable bonds is 1. The van der Waals surface area contributed by atoms with Crippen LogP contribution in [-0.2, 0) is 6.42 Å². The summed E-state index contributed by atoms with van der Waals surface area (Å²) in [6.07, 6.45) is 2.06. The van der Waals surface area contributed by atoms with Crippen LogP contribution in [0.2, 0.25) is 0 Å². The minimum absolute atomic E-state index is 0.304. The standard InChI is InChI=1S/C17H17NO/c1-11-16(12-2-6-15(19)7-3-12)8-4-13-10-14(18)5-9-17(11)13/h2-3,5-7,9-10,16,19H,1,4,8,18H2. The molecule has 19 heavy (non-hydrogen) atoms. The van der Waals surface area contributed by atoms with Crippen molar-refractivity contribution in [3.8, 4) is 5.75 Å². The van der Waals surface area contributed by atoms with Crippen molar-refractivity contribution in [3.05, 3.63) is 65.7 Å². The van der Waals surface area contributed by atoms with Crippen LogP contribution in [0.4, 0.5) is 5.69 Å². The summed E-state index contributed by atoms with van der Waals surface area (Å²) in [5.74, 6) is 0.634. The van der Waals surface area contributed by atoms with Gasteiger partial charge in [-0.1, -0.05) is 24.8 Å². The molecule has 2 aromatic rings. The quantitative estimate of drug-likeness (QED) is 0.759. The van der Waals surface area contributed by atoms with Gasteiger partial charge in [0.05, 0.1) is 0 Å². The molecule has 2 aromatic carbocycles. The first-order valence-corrected chi connectivity index (χ1v) is 6.51. The Morgan fingerprint density at radius 1 is 1.11 bits per heavy atom. The second-order valence-electron chi connectivity index (χ2n) is 5.12. The van der Waals surface area contributed by atoms with Gasteiger partial charge in [-0.05, 0) is 59.4 Å². The van der Waals surface area contributed by atoms with E-state index in [1.54, 1.807) is 12.1 Å². The number of allylic oxidation sites excluding steroid dienone is 1. The Hall–Kier alpha value is -2.22. The smallest absolute Gasteiger partial charge is 0.115 e. The van der Waals surface area contributed by atoms with Gasteiger partial charge >= 0.3 is 0 Å². The molecule has 0 fully saturated rings. The van der Waals surface area contributed by atoms with Crippen molar-refractivity contribution >= 4 is 11.3 Å². The zero-order chi connectivity index (χ0) is 13.4. The number of phenolic OH excluding ortho intramolecular Hbond substituents is 1. The van der Waals surface area contributed by atoms with Crippen LogP contribution in [0.5, 0.6) is 5.75 Å². The van der Waals surface area contributed by atoms with E-state index in [4.69, 9.17) is 5.73 Å². The van der Waals surface area contributed by atoms with Gasteiger partial charge in [0.2, 0.25) is 0 Å². The Bertz CT molecular complexity index is 628. The van der Waals surface area contributed by atoms with Crippen LogP contribution in [0, 0.1) is 0 Å². The minimum Gasteiger partial charge on any atom is -0.508 e. The van der Waals surface area contributed by atoms with Gasteiger partial charge in [-0.15, -0.1) is 0 Å². The van der Waals surface area contributed by atoms with Crippen molar-refractivity contribution in [2.24, 2.45) is 0 Å². The first-order valence-electron chi connectivity index (χ1n) is 6.51. The molecule has 1 aliphatic carbocycles. The summed E-state index contributed by atoms with van der Waals surface area (Å²) in [5, 5.41) is 9.37. The molecule has 96 valence electrons. The van der Waals surface area contributed by atoms with Gasteiger partial charge in [0.25, 0.3) is 0 Å². The third kappa shape index (κ3) is 2.10. The van der Waals surface area contributed by atoms with Crippen molar-refractivity contribution in [1.29, 1.82) is 0 Å². The number of anilines is 1. The topological polar surface area (TPSA) is 46.2 Å². The number of hydrogen-bond donors (Lipinski definition) is 2. The average molecular weight is 251 g/mol. The first-order chi connectivity index (χ1) is 9.15. The van der Waals surface area contributed by atoms with E-state index in [9.17, 15) is 5.11 Å². The minimum atomic E-state index is 0.304. The van der Waals surface area contributed by atoms with E-state index in [1.165, 1.54) is 16.7 Å². The number of nitrogen functional groups attached to an aromatic ring is 1. The summed E-state index contributed by atoms with van der Waals surface area (Å²) in [6, 6.07) is 13.5. The Morgan fingerprint density at radius 2 is 1.84 bits per heavy atom. The average Bonchev–Trinajstić information content (AvgIpc) is 2.40. The number of hydrogen-bond acceptors (Lipinski definition) is 2. The number of phenols is 1. The van der Waals surface area contributed by atoms with E-state index in [0.29, 0.717) is 11.7 Å². The molecule has 2 heteroatoms. The van der Waals surface area contributed by atoms with Crippen molar-refractivity contribution in [2.75, 3.05) is 5.73 Å². The number of aromatic hydroxyl groups is 1. The molecular weight excluding hydrogens is 234 g/mol. The highest BCUT2D eigenvalue weighted by Gasteiger charge is 2.23. The lowest BCUT2D eigenvalue weighted by atomic mass is 9.77. The molecule has 3 N–H and O–H groups in total. The predicted molar refractivity (Wildman–Crippen MR) is 79.1 cm³/mol. The summed E-state index contributed by atoms with van der Waals surface area (Å²) in [5.41, 5.74) is 11.5. The van der Waals surface area contributed by atoms with E-state index in [1.807, 2.05) is 24.3 Å². The Labute approximate surface area is 113 Å². The number of aryl methyl sites for hydroxylation is 1. The molecule has 0 heterocycles. The van der Waals surface area contributed by atoms with Crippen molar-refractivity contribution in [3.63, 3.8) is 0 Å². The Balaban J connectivity index is 1.97. The zero-order valence-corrected chi connectivity index (χ0v) is 10.8. The molecule has 1 atom stereocenters. The van der Waals surface area contributed by atoms with Crippen LogP contribution < -0.4 is 5.73 Å². The second kappa shape index (κ2) is 4.47. The number of benzene rings is 2. The molecule has 0 aliphatic heterocycles. The summed E-state index contributed by atoms with van der Waals surface area (Å²) in [7, 11) is 0. The zero-order valence-electron chi connectivity index (χ0n) is 10.8. The van der Waals surface area contributed by atoms with Crippen molar-refractivity contribution < 1.29 is 5.11 Å². The molecule has 0 radical (unpaired) electrons. The first kappa shape index (κ1) is 11.8. The van der Waals surface area contributed by atoms with Crippen molar-refractivity contribution in [1.82, 2.24) is 0 Å². The summed E-state index contributed by atoms with van der Waals surface area (Å²) < 4.78 is 0. The highest BCUT2D eigenvalue weighted by atomic mass is 16.3. The highest BCUT2D eigenvalue weighted by Crippen LogP contribution is 2.41. The normalized spacial score (nSPS) is 18.1. The van der Waals surface area contributed by atoms with Crippen LogP contribution in [0.15, 0.2) is 49.0 Å². The molecule has 0 spiro atoms. The molecule has 0 saturated carbocycles. The lowest BCUT2D eigenvalue weighted by Gasteiger charge is -2.28. The summed E-state index contributed by atoms with van der Waals surface area (Å²) in [4.78, 5) is 0. The largest absolute Gasteiger partial charge is 0.508 e. The van der Waals surface area contributed by atoms with Crippen LogP contribution >= 0.6 is 0 Å². The van der Waals surface area contributed by atoms with E-state index >= 15 is 0 Å². The monoisotopic (exact) mass is 251 g/mol. The molecule has 1 unspecified atom stereocenters. The number of nitrogens with two attached hydrogens (primary N) is 1. The maximum absolute atomic E-state index is 9.37. The maximum Gasteiger partial charge on any atom is 0.115 e. The fourth-order valence-electron chi connectivity index (χ4n) is 2.87. The Kier molecular flexibility index (Phi) is 2.79. The third-order valence-electron chi connectivity index (χ3n) is 3.89. The Morgan fingerprint density at radius 3 is 2.58 bits per heavy atom. The van der Waals surface area contributed by atoms with Gasteiger partial charge in [0, 0.05) is 11.6 Å². The highest BCUT2D eigenvalue weighted by molar-refractivity contribution is 5.75. The van der Waals surface area contributed by atoms with Crippen LogP contribution in [-0.4, -0.2) is 5.11 Å². The van der Waals surface area contributed by atoms with Gasteiger partial charge in [0.1, 0.15) is 5.75 Å². The predicted octanol–water partition coefficient (Wildman–Crippen LogP) is 3.72. The third-order valence-corrected chi connectivity index (χ3v) is 3.89. The fourth-order valence-corrected chi connectivity index (χ4v) is 2.87. The molecule has 2 nitrogen and oxygen atoms in total. The van der Waals surface area contributed by atoms with Gasteiger partial charge in [-0.3, -0.25) is 0 Å². The summed E-state index contributed by atoms with van der Waals surface area (Å²) >= 11 is 0. The fraction of sp³-hybridized carbons (Fsp3) is 0.176. The lowest BCUT2D eigenvalue weighted by Crippen LogP contribution is -2.11. The van der Waals surface area contributed by atoms with Crippen LogP contribution in [0.3, 0.4) is 0 Å². The molecule has 1 aliphatic rings. The lowest BCUT2D eigenvalue weighted by molar-refractivity contribution is 0.475. The van der Waals surface area contributed by atoms with Crippen LogP contribution in [0.25, 0.3) is 5.57 Å². The van der Waals surface area contributed by atoms with Gasteiger partial charge in [0.15, 0.2) is 0 Å². The van der Waals surface area contributed by atoms with Gasteiger partial charge < -0.3 is 10.8 Å². The maximum atomic E-state index is 9.37. The summed E-state index contributed by atoms with van der Waals surface area (Å²) in [6.45, 7) is 4.26. The molecule has 0 aromatic heterocycles. The van der Waals surface area contributed by atoms with Crippen LogP contribution in [0.1, 0.15) is 29.0 Å². The van der Waals surface area contributed by atoms with E-state index in [-0.39, 0.29) is 0 Å². The van der Waals surface area contributed by atoms with E-state index in [0.717, 1.165) is 24.1 Å². The van der Waals surface area contributed by atoms with Crippen molar-refractivity contribution in [2.45, 2.75) is 18.8 Å².